The second-order valence-corrected chi connectivity index (χ2v) is 5.95. The van der Waals surface area contributed by atoms with E-state index in [1.165, 1.54) is 17.8 Å². The summed E-state index contributed by atoms with van der Waals surface area (Å²) < 4.78 is 14.5. The minimum absolute atomic E-state index is 0.00573. The van der Waals surface area contributed by atoms with E-state index in [2.05, 4.69) is 15.9 Å². The lowest BCUT2D eigenvalue weighted by atomic mass is 10.1. The number of nitrogens with two attached hydrogens (primary N) is 1. The minimum atomic E-state index is -0.203. The molecule has 0 aliphatic heterocycles. The van der Waals surface area contributed by atoms with Gasteiger partial charge >= 0.3 is 0 Å². The van der Waals surface area contributed by atoms with E-state index in [0.717, 1.165) is 14.9 Å². The van der Waals surface area contributed by atoms with Gasteiger partial charge in [-0.2, -0.15) is 0 Å². The molecule has 0 bridgehead atoms. The largest absolute Gasteiger partial charge is 0.324 e. The van der Waals surface area contributed by atoms with Crippen molar-refractivity contribution in [3.05, 3.63) is 58.3 Å². The number of halogens is 2. The van der Waals surface area contributed by atoms with Gasteiger partial charge in [0, 0.05) is 20.3 Å². The normalized spacial score (nSPS) is 12.4. The quantitative estimate of drug-likeness (QED) is 0.880. The van der Waals surface area contributed by atoms with E-state index >= 15 is 0 Å². The second kappa shape index (κ2) is 5.87. The highest BCUT2D eigenvalue weighted by Crippen LogP contribution is 2.35. The lowest BCUT2D eigenvalue weighted by Gasteiger charge is -2.10. The summed E-state index contributed by atoms with van der Waals surface area (Å²) >= 11 is 4.90. The summed E-state index contributed by atoms with van der Waals surface area (Å²) in [5.41, 5.74) is 6.88. The van der Waals surface area contributed by atoms with Gasteiger partial charge in [-0.15, -0.1) is 0 Å². The van der Waals surface area contributed by atoms with Crippen molar-refractivity contribution in [2.45, 2.75) is 22.8 Å². The van der Waals surface area contributed by atoms with Gasteiger partial charge < -0.3 is 5.73 Å². The highest BCUT2D eigenvalue weighted by Gasteiger charge is 2.08. The van der Waals surface area contributed by atoms with Crippen LogP contribution in [0.2, 0.25) is 0 Å². The lowest BCUT2D eigenvalue weighted by Crippen LogP contribution is -2.04. The maximum atomic E-state index is 13.6. The molecule has 4 heteroatoms. The number of benzene rings is 2. The average molecular weight is 326 g/mol. The molecule has 0 saturated carbocycles. The third kappa shape index (κ3) is 3.13. The highest BCUT2D eigenvalue weighted by atomic mass is 79.9. The molecule has 0 aromatic heterocycles. The van der Waals surface area contributed by atoms with E-state index in [1.807, 2.05) is 31.2 Å². The van der Waals surface area contributed by atoms with Crippen molar-refractivity contribution in [2.75, 3.05) is 0 Å². The monoisotopic (exact) mass is 325 g/mol. The van der Waals surface area contributed by atoms with Gasteiger partial charge in [0.2, 0.25) is 0 Å². The van der Waals surface area contributed by atoms with Crippen molar-refractivity contribution < 1.29 is 4.39 Å². The average Bonchev–Trinajstić information content (AvgIpc) is 2.34. The predicted molar refractivity (Wildman–Crippen MR) is 77.3 cm³/mol. The van der Waals surface area contributed by atoms with Crippen LogP contribution >= 0.6 is 27.7 Å². The minimum Gasteiger partial charge on any atom is -0.324 e. The van der Waals surface area contributed by atoms with E-state index in [1.54, 1.807) is 12.1 Å². The Balaban J connectivity index is 2.28. The third-order valence-electron chi connectivity index (χ3n) is 2.54. The Bertz CT molecular complexity index is 557. The molecular formula is C14H13BrFNS. The van der Waals surface area contributed by atoms with Crippen LogP contribution in [0.15, 0.2) is 56.7 Å². The Morgan fingerprint density at radius 2 is 1.89 bits per heavy atom. The summed E-state index contributed by atoms with van der Waals surface area (Å²) in [6.07, 6.45) is 0. The van der Waals surface area contributed by atoms with Gasteiger partial charge in [0.05, 0.1) is 0 Å². The van der Waals surface area contributed by atoms with E-state index in [0.29, 0.717) is 4.90 Å². The van der Waals surface area contributed by atoms with Crippen molar-refractivity contribution in [3.8, 4) is 0 Å². The van der Waals surface area contributed by atoms with Crippen molar-refractivity contribution in [3.63, 3.8) is 0 Å². The van der Waals surface area contributed by atoms with Crippen molar-refractivity contribution in [2.24, 2.45) is 5.73 Å². The molecular weight excluding hydrogens is 313 g/mol. The molecule has 1 nitrogen and oxygen atoms in total. The van der Waals surface area contributed by atoms with E-state index in [9.17, 15) is 4.39 Å². The molecule has 94 valence electrons. The first-order chi connectivity index (χ1) is 8.58. The molecule has 0 aliphatic rings. The molecule has 2 rings (SSSR count). The molecule has 0 spiro atoms. The summed E-state index contributed by atoms with van der Waals surface area (Å²) in [5, 5.41) is 0. The van der Waals surface area contributed by atoms with Crippen molar-refractivity contribution in [1.29, 1.82) is 0 Å². The maximum Gasteiger partial charge on any atom is 0.137 e. The van der Waals surface area contributed by atoms with Crippen LogP contribution in [0.3, 0.4) is 0 Å². The Morgan fingerprint density at radius 1 is 1.17 bits per heavy atom. The second-order valence-electron chi connectivity index (χ2n) is 4.01. The molecule has 1 unspecified atom stereocenters. The van der Waals surface area contributed by atoms with Gasteiger partial charge in [-0.1, -0.05) is 30.0 Å². The zero-order valence-electron chi connectivity index (χ0n) is 9.86. The Kier molecular flexibility index (Phi) is 4.43. The summed E-state index contributed by atoms with van der Waals surface area (Å²) in [6, 6.07) is 12.7. The van der Waals surface area contributed by atoms with Crippen LogP contribution in [0.25, 0.3) is 0 Å². The smallest absolute Gasteiger partial charge is 0.137 e. The lowest BCUT2D eigenvalue weighted by molar-refractivity contribution is 0.602. The van der Waals surface area contributed by atoms with Gasteiger partial charge in [-0.3, -0.25) is 0 Å². The van der Waals surface area contributed by atoms with Gasteiger partial charge in [0.1, 0.15) is 5.82 Å². The molecule has 1 atom stereocenters. The van der Waals surface area contributed by atoms with Crippen LogP contribution in [0.1, 0.15) is 18.5 Å². The molecule has 0 radical (unpaired) electrons. The highest BCUT2D eigenvalue weighted by molar-refractivity contribution is 9.10. The van der Waals surface area contributed by atoms with Gasteiger partial charge in [-0.05, 0) is 52.7 Å². The third-order valence-corrected chi connectivity index (χ3v) is 4.58. The molecule has 0 amide bonds. The van der Waals surface area contributed by atoms with Crippen LogP contribution in [0.4, 0.5) is 4.39 Å². The maximum absolute atomic E-state index is 13.6. The van der Waals surface area contributed by atoms with Gasteiger partial charge in [0.25, 0.3) is 0 Å². The fourth-order valence-corrected chi connectivity index (χ4v) is 3.01. The molecule has 18 heavy (non-hydrogen) atoms. The van der Waals surface area contributed by atoms with Crippen molar-refractivity contribution >= 4 is 27.7 Å². The van der Waals surface area contributed by atoms with E-state index in [-0.39, 0.29) is 11.9 Å². The van der Waals surface area contributed by atoms with Gasteiger partial charge in [0.15, 0.2) is 0 Å². The van der Waals surface area contributed by atoms with Crippen molar-refractivity contribution in [1.82, 2.24) is 0 Å². The molecule has 2 aromatic carbocycles. The Labute approximate surface area is 119 Å². The molecule has 0 heterocycles. The predicted octanol–water partition coefficient (Wildman–Crippen LogP) is 4.76. The van der Waals surface area contributed by atoms with E-state index < -0.39 is 0 Å². The summed E-state index contributed by atoms with van der Waals surface area (Å²) in [4.78, 5) is 1.59. The molecule has 0 saturated heterocycles. The number of hydrogen-bond acceptors (Lipinski definition) is 2. The summed E-state index contributed by atoms with van der Waals surface area (Å²) in [7, 11) is 0. The SMILES string of the molecule is CC(N)c1ccc(Sc2ccccc2F)c(Br)c1. The first kappa shape index (κ1) is 13.6. The molecule has 2 N–H and O–H groups in total. The van der Waals surface area contributed by atoms with Gasteiger partial charge in [-0.25, -0.2) is 4.39 Å². The van der Waals surface area contributed by atoms with Crippen LogP contribution in [-0.2, 0) is 0 Å². The topological polar surface area (TPSA) is 26.0 Å². The molecule has 2 aromatic rings. The zero-order chi connectivity index (χ0) is 13.1. The summed E-state index contributed by atoms with van der Waals surface area (Å²) in [6.45, 7) is 1.94. The van der Waals surface area contributed by atoms with E-state index in [4.69, 9.17) is 5.73 Å². The van der Waals surface area contributed by atoms with Crippen LogP contribution in [-0.4, -0.2) is 0 Å². The standard InChI is InChI=1S/C14H13BrFNS/c1-9(17)10-6-7-13(11(15)8-10)18-14-5-3-2-4-12(14)16/h2-9H,17H2,1H3. The Hall–Kier alpha value is -0.840. The number of rotatable bonds is 3. The van der Waals surface area contributed by atoms with Crippen LogP contribution in [0.5, 0.6) is 0 Å². The first-order valence-corrected chi connectivity index (χ1v) is 7.16. The fourth-order valence-electron chi connectivity index (χ4n) is 1.53. The number of hydrogen-bond donors (Lipinski definition) is 1. The first-order valence-electron chi connectivity index (χ1n) is 5.55. The molecule has 0 aliphatic carbocycles. The van der Waals surface area contributed by atoms with Crippen LogP contribution in [0, 0.1) is 5.82 Å². The molecule has 0 fully saturated rings. The summed E-state index contributed by atoms with van der Waals surface area (Å²) in [5.74, 6) is -0.203. The van der Waals surface area contributed by atoms with Crippen LogP contribution < -0.4 is 5.73 Å². The Morgan fingerprint density at radius 3 is 2.50 bits per heavy atom. The zero-order valence-corrected chi connectivity index (χ0v) is 12.3. The fraction of sp³-hybridized carbons (Fsp3) is 0.143.